The summed E-state index contributed by atoms with van der Waals surface area (Å²) in [4.78, 5) is 24.3. The second kappa shape index (κ2) is 7.79. The number of sulfonamides is 1. The third-order valence-electron chi connectivity index (χ3n) is 4.33. The molecular weight excluding hydrogens is 328 g/mol. The maximum atomic E-state index is 12.4. The number of benzene rings is 1. The SMILES string of the molecule is CCCC[C@H](CC)CNC(=O)CN1C(=O)c2ccccc2S1(=O)=O. The van der Waals surface area contributed by atoms with E-state index in [0.29, 0.717) is 16.8 Å². The van der Waals surface area contributed by atoms with Gasteiger partial charge in [0.1, 0.15) is 11.4 Å². The summed E-state index contributed by atoms with van der Waals surface area (Å²) in [6, 6.07) is 6.02. The molecule has 0 radical (unpaired) electrons. The number of hydrogen-bond donors (Lipinski definition) is 1. The molecule has 1 N–H and O–H groups in total. The van der Waals surface area contributed by atoms with Gasteiger partial charge in [-0.25, -0.2) is 12.7 Å². The fourth-order valence-electron chi connectivity index (χ4n) is 2.78. The summed E-state index contributed by atoms with van der Waals surface area (Å²) >= 11 is 0. The smallest absolute Gasteiger partial charge is 0.269 e. The van der Waals surface area contributed by atoms with Crippen molar-refractivity contribution in [2.24, 2.45) is 5.92 Å². The number of unbranched alkanes of at least 4 members (excludes halogenated alkanes) is 1. The molecule has 0 spiro atoms. The average molecular weight is 352 g/mol. The first kappa shape index (κ1) is 18.4. The number of carbonyl (C=O) groups excluding carboxylic acids is 2. The Morgan fingerprint density at radius 3 is 2.58 bits per heavy atom. The molecule has 0 saturated carbocycles. The van der Waals surface area contributed by atoms with E-state index in [2.05, 4.69) is 19.2 Å². The Morgan fingerprint density at radius 1 is 1.25 bits per heavy atom. The largest absolute Gasteiger partial charge is 0.354 e. The lowest BCUT2D eigenvalue weighted by Crippen LogP contribution is -2.41. The summed E-state index contributed by atoms with van der Waals surface area (Å²) in [5.41, 5.74) is 0.125. The Kier molecular flexibility index (Phi) is 5.99. The van der Waals surface area contributed by atoms with E-state index >= 15 is 0 Å². The number of nitrogens with zero attached hydrogens (tertiary/aromatic N) is 1. The van der Waals surface area contributed by atoms with Crippen LogP contribution in [0.1, 0.15) is 49.9 Å². The van der Waals surface area contributed by atoms with Crippen molar-refractivity contribution in [2.45, 2.75) is 44.4 Å². The van der Waals surface area contributed by atoms with E-state index in [1.807, 2.05) is 0 Å². The summed E-state index contributed by atoms with van der Waals surface area (Å²) in [5.74, 6) is -0.717. The lowest BCUT2D eigenvalue weighted by molar-refractivity contribution is -0.121. The molecule has 0 aliphatic carbocycles. The monoisotopic (exact) mass is 352 g/mol. The second-order valence-corrected chi connectivity index (χ2v) is 7.86. The van der Waals surface area contributed by atoms with Crippen molar-refractivity contribution in [3.63, 3.8) is 0 Å². The van der Waals surface area contributed by atoms with E-state index in [0.717, 1.165) is 25.7 Å². The van der Waals surface area contributed by atoms with E-state index in [1.165, 1.54) is 12.1 Å². The molecule has 0 bridgehead atoms. The third-order valence-corrected chi connectivity index (χ3v) is 6.12. The minimum atomic E-state index is -3.93. The van der Waals surface area contributed by atoms with E-state index < -0.39 is 28.4 Å². The van der Waals surface area contributed by atoms with Crippen molar-refractivity contribution < 1.29 is 18.0 Å². The van der Waals surface area contributed by atoms with E-state index in [-0.39, 0.29) is 10.5 Å². The summed E-state index contributed by atoms with van der Waals surface area (Å²) in [7, 11) is -3.93. The Bertz CT molecular complexity index is 715. The topological polar surface area (TPSA) is 83.6 Å². The maximum Gasteiger partial charge on any atom is 0.269 e. The first-order chi connectivity index (χ1) is 11.4. The number of nitrogens with one attached hydrogen (secondary N) is 1. The van der Waals surface area contributed by atoms with E-state index in [1.54, 1.807) is 12.1 Å². The predicted molar refractivity (Wildman–Crippen MR) is 91.0 cm³/mol. The van der Waals surface area contributed by atoms with Gasteiger partial charge in [-0.2, -0.15) is 0 Å². The average Bonchev–Trinajstić information content (AvgIpc) is 2.76. The lowest BCUT2D eigenvalue weighted by Gasteiger charge is -2.18. The molecule has 1 aliphatic heterocycles. The van der Waals surface area contributed by atoms with Crippen LogP contribution in [0.3, 0.4) is 0 Å². The molecule has 0 aromatic heterocycles. The van der Waals surface area contributed by atoms with Crippen molar-refractivity contribution in [3.05, 3.63) is 29.8 Å². The van der Waals surface area contributed by atoms with Gasteiger partial charge in [0.05, 0.1) is 5.56 Å². The fourth-order valence-corrected chi connectivity index (χ4v) is 4.30. The second-order valence-electron chi connectivity index (χ2n) is 6.03. The Labute approximate surface area is 143 Å². The van der Waals surface area contributed by atoms with Crippen LogP contribution in [-0.2, 0) is 14.8 Å². The molecule has 0 unspecified atom stereocenters. The number of carbonyl (C=O) groups is 2. The molecule has 0 saturated heterocycles. The first-order valence-corrected chi connectivity index (χ1v) is 9.78. The van der Waals surface area contributed by atoms with Gasteiger partial charge in [-0.05, 0) is 24.5 Å². The van der Waals surface area contributed by atoms with E-state index in [4.69, 9.17) is 0 Å². The van der Waals surface area contributed by atoms with Gasteiger partial charge in [0.25, 0.3) is 15.9 Å². The highest BCUT2D eigenvalue weighted by molar-refractivity contribution is 7.90. The van der Waals surface area contributed by atoms with Gasteiger partial charge in [-0.15, -0.1) is 0 Å². The highest BCUT2D eigenvalue weighted by Crippen LogP contribution is 2.29. The van der Waals surface area contributed by atoms with Gasteiger partial charge in [0, 0.05) is 6.54 Å². The zero-order chi connectivity index (χ0) is 17.7. The van der Waals surface area contributed by atoms with Crippen LogP contribution in [0.15, 0.2) is 29.2 Å². The molecule has 24 heavy (non-hydrogen) atoms. The van der Waals surface area contributed by atoms with Crippen molar-refractivity contribution in [1.29, 1.82) is 0 Å². The molecule has 2 amide bonds. The van der Waals surface area contributed by atoms with Crippen molar-refractivity contribution in [2.75, 3.05) is 13.1 Å². The zero-order valence-electron chi connectivity index (χ0n) is 14.1. The van der Waals surface area contributed by atoms with Crippen LogP contribution in [0.25, 0.3) is 0 Å². The third kappa shape index (κ3) is 3.77. The first-order valence-electron chi connectivity index (χ1n) is 8.34. The molecule has 1 aromatic rings. The van der Waals surface area contributed by atoms with Crippen molar-refractivity contribution in [3.8, 4) is 0 Å². The molecule has 0 fully saturated rings. The summed E-state index contributed by atoms with van der Waals surface area (Å²) in [6.07, 6.45) is 4.18. The van der Waals surface area contributed by atoms with Gasteiger partial charge in [0.15, 0.2) is 0 Å². The number of hydrogen-bond acceptors (Lipinski definition) is 4. The van der Waals surface area contributed by atoms with Gasteiger partial charge in [0.2, 0.25) is 5.91 Å². The van der Waals surface area contributed by atoms with Gasteiger partial charge >= 0.3 is 0 Å². The number of rotatable bonds is 8. The summed E-state index contributed by atoms with van der Waals surface area (Å²) in [5, 5.41) is 2.76. The summed E-state index contributed by atoms with van der Waals surface area (Å²) < 4.78 is 25.4. The number of fused-ring (bicyclic) bond motifs is 1. The molecular formula is C17H24N2O4S. The van der Waals surface area contributed by atoms with Crippen LogP contribution in [-0.4, -0.2) is 37.6 Å². The Morgan fingerprint density at radius 2 is 1.96 bits per heavy atom. The fraction of sp³-hybridized carbons (Fsp3) is 0.529. The standard InChI is InChI=1S/C17H24N2O4S/c1-3-5-8-13(4-2)11-18-16(20)12-19-17(21)14-9-6-7-10-15(14)24(19,22)23/h6-7,9-10,13H,3-5,8,11-12H2,1-2H3,(H,18,20)/t13-/m0/s1. The van der Waals surface area contributed by atoms with Crippen LogP contribution in [0, 0.1) is 5.92 Å². The highest BCUT2D eigenvalue weighted by Gasteiger charge is 2.41. The zero-order valence-corrected chi connectivity index (χ0v) is 14.9. The quantitative estimate of drug-likeness (QED) is 0.777. The van der Waals surface area contributed by atoms with Gasteiger partial charge in [-0.1, -0.05) is 45.2 Å². The molecule has 6 nitrogen and oxygen atoms in total. The van der Waals surface area contributed by atoms with Gasteiger partial charge in [-0.3, -0.25) is 9.59 Å². The molecule has 132 valence electrons. The minimum Gasteiger partial charge on any atom is -0.354 e. The van der Waals surface area contributed by atoms with Crippen LogP contribution < -0.4 is 5.32 Å². The Balaban J connectivity index is 1.99. The van der Waals surface area contributed by atoms with Gasteiger partial charge < -0.3 is 5.32 Å². The molecule has 1 heterocycles. The molecule has 1 aliphatic rings. The normalized spacial score (nSPS) is 16.8. The van der Waals surface area contributed by atoms with Crippen molar-refractivity contribution in [1.82, 2.24) is 9.62 Å². The molecule has 2 rings (SSSR count). The predicted octanol–water partition coefficient (Wildman–Crippen LogP) is 2.16. The van der Waals surface area contributed by atoms with Crippen LogP contribution in [0.4, 0.5) is 0 Å². The maximum absolute atomic E-state index is 12.4. The minimum absolute atomic E-state index is 0.0304. The van der Waals surface area contributed by atoms with Crippen LogP contribution in [0.5, 0.6) is 0 Å². The summed E-state index contributed by atoms with van der Waals surface area (Å²) in [6.45, 7) is 4.22. The van der Waals surface area contributed by atoms with Crippen LogP contribution in [0.2, 0.25) is 0 Å². The highest BCUT2D eigenvalue weighted by atomic mass is 32.2. The van der Waals surface area contributed by atoms with Crippen LogP contribution >= 0.6 is 0 Å². The molecule has 7 heteroatoms. The lowest BCUT2D eigenvalue weighted by atomic mass is 9.99. The van der Waals surface area contributed by atoms with E-state index in [9.17, 15) is 18.0 Å². The molecule has 1 atom stereocenters. The number of amides is 2. The van der Waals surface area contributed by atoms with Crippen molar-refractivity contribution >= 4 is 21.8 Å². The Hall–Kier alpha value is -1.89. The molecule has 1 aromatic carbocycles.